The molecule has 0 radical (unpaired) electrons. The van der Waals surface area contributed by atoms with Gasteiger partial charge in [0, 0.05) is 16.9 Å². The van der Waals surface area contributed by atoms with E-state index in [0.717, 1.165) is 12.0 Å². The summed E-state index contributed by atoms with van der Waals surface area (Å²) in [7, 11) is 0. The van der Waals surface area contributed by atoms with Gasteiger partial charge in [-0.05, 0) is 24.1 Å². The molecule has 21 heavy (non-hydrogen) atoms. The normalized spacial score (nSPS) is 21.9. The van der Waals surface area contributed by atoms with Crippen molar-refractivity contribution < 1.29 is 14.7 Å². The van der Waals surface area contributed by atoms with Gasteiger partial charge in [0.25, 0.3) is 0 Å². The number of rotatable bonds is 4. The summed E-state index contributed by atoms with van der Waals surface area (Å²) in [4.78, 5) is 25.0. The largest absolute Gasteiger partial charge is 0.480 e. The topological polar surface area (TPSA) is 57.6 Å². The first kappa shape index (κ1) is 15.9. The molecule has 0 spiro atoms. The smallest absolute Gasteiger partial charge is 0.327 e. The molecule has 112 valence electrons. The van der Waals surface area contributed by atoms with Gasteiger partial charge >= 0.3 is 5.97 Å². The van der Waals surface area contributed by atoms with E-state index in [0.29, 0.717) is 10.8 Å². The highest BCUT2D eigenvalue weighted by Gasteiger charge is 2.39. The molecule has 1 fully saturated rings. The molecule has 1 saturated heterocycles. The molecule has 4 nitrogen and oxygen atoms in total. The molecule has 1 aromatic carbocycles. The van der Waals surface area contributed by atoms with Crippen molar-refractivity contribution >= 4 is 41.3 Å². The van der Waals surface area contributed by atoms with E-state index in [4.69, 9.17) is 11.6 Å². The zero-order chi connectivity index (χ0) is 15.4. The van der Waals surface area contributed by atoms with Crippen LogP contribution < -0.4 is 0 Å². The minimum atomic E-state index is -0.960. The summed E-state index contributed by atoms with van der Waals surface area (Å²) in [5.74, 6) is -0.823. The maximum atomic E-state index is 12.3. The summed E-state index contributed by atoms with van der Waals surface area (Å²) in [6.07, 6.45) is 3.74. The number of halogens is 1. The molecule has 0 saturated carbocycles. The van der Waals surface area contributed by atoms with Gasteiger partial charge in [-0.2, -0.15) is 0 Å². The Balaban J connectivity index is 2.17. The van der Waals surface area contributed by atoms with Gasteiger partial charge in [0.15, 0.2) is 0 Å². The summed E-state index contributed by atoms with van der Waals surface area (Å²) in [6.45, 7) is 1.94. The number of carboxylic acid groups (broad SMARTS) is 1. The average Bonchev–Trinajstić information content (AvgIpc) is 2.90. The van der Waals surface area contributed by atoms with E-state index in [9.17, 15) is 14.7 Å². The van der Waals surface area contributed by atoms with E-state index < -0.39 is 12.0 Å². The number of carbonyl (C=O) groups is 2. The number of thioether (sulfide) groups is 1. The number of nitrogens with zero attached hydrogens (tertiary/aromatic N) is 1. The van der Waals surface area contributed by atoms with Crippen LogP contribution in [0.15, 0.2) is 30.3 Å². The van der Waals surface area contributed by atoms with Gasteiger partial charge < -0.3 is 10.0 Å². The first-order valence-corrected chi connectivity index (χ1v) is 8.06. The minimum Gasteiger partial charge on any atom is -0.480 e. The number of aliphatic carboxylic acids is 1. The molecule has 0 aliphatic carbocycles. The number of carboxylic acids is 1. The Hall–Kier alpha value is -1.46. The molecule has 0 bridgehead atoms. The second kappa shape index (κ2) is 7.00. The third-order valence-corrected chi connectivity index (χ3v) is 5.09. The van der Waals surface area contributed by atoms with Crippen LogP contribution in [0.2, 0.25) is 5.02 Å². The van der Waals surface area contributed by atoms with Crippen molar-refractivity contribution in [3.05, 3.63) is 40.9 Å². The summed E-state index contributed by atoms with van der Waals surface area (Å²) in [6, 6.07) is 6.43. The summed E-state index contributed by atoms with van der Waals surface area (Å²) < 4.78 is 0. The standard InChI is InChI=1S/C15H16ClNO3S/c1-2-14-17(12(9-21-14)15(19)20)13(18)8-7-10-5-3-4-6-11(10)16/h3-8,12,14H,2,9H2,1H3,(H,19,20). The first-order valence-electron chi connectivity index (χ1n) is 6.64. The SMILES string of the molecule is CCC1SCC(C(=O)O)N1C(=O)C=Cc1ccccc1Cl. The van der Waals surface area contributed by atoms with Crippen molar-refractivity contribution in [2.45, 2.75) is 24.8 Å². The lowest BCUT2D eigenvalue weighted by Crippen LogP contribution is -2.44. The van der Waals surface area contributed by atoms with E-state index in [2.05, 4.69) is 0 Å². The quantitative estimate of drug-likeness (QED) is 0.864. The van der Waals surface area contributed by atoms with E-state index in [-0.39, 0.29) is 11.3 Å². The van der Waals surface area contributed by atoms with E-state index in [1.165, 1.54) is 22.7 Å². The number of hydrogen-bond donors (Lipinski definition) is 1. The molecule has 1 amide bonds. The Bertz CT molecular complexity index is 576. The van der Waals surface area contributed by atoms with E-state index in [1.54, 1.807) is 18.2 Å². The van der Waals surface area contributed by atoms with Crippen LogP contribution in [-0.4, -0.2) is 39.1 Å². The summed E-state index contributed by atoms with van der Waals surface area (Å²) in [5, 5.41) is 9.69. The second-order valence-electron chi connectivity index (χ2n) is 4.65. The van der Waals surface area contributed by atoms with Gasteiger partial charge in [-0.1, -0.05) is 36.7 Å². The molecule has 1 aromatic rings. The molecule has 2 rings (SSSR count). The summed E-state index contributed by atoms with van der Waals surface area (Å²) in [5.41, 5.74) is 0.735. The Morgan fingerprint density at radius 1 is 1.48 bits per heavy atom. The van der Waals surface area contributed by atoms with Crippen molar-refractivity contribution in [2.75, 3.05) is 5.75 Å². The fourth-order valence-electron chi connectivity index (χ4n) is 2.22. The Labute approximate surface area is 132 Å². The fraction of sp³-hybridized carbons (Fsp3) is 0.333. The predicted molar refractivity (Wildman–Crippen MR) is 85.3 cm³/mol. The highest BCUT2D eigenvalue weighted by Crippen LogP contribution is 2.31. The van der Waals surface area contributed by atoms with Crippen LogP contribution in [0.4, 0.5) is 0 Å². The van der Waals surface area contributed by atoms with Crippen LogP contribution in [0.1, 0.15) is 18.9 Å². The lowest BCUT2D eigenvalue weighted by Gasteiger charge is -2.25. The third kappa shape index (κ3) is 3.60. The van der Waals surface area contributed by atoms with Gasteiger partial charge in [-0.15, -0.1) is 11.8 Å². The molecule has 0 aromatic heterocycles. The maximum Gasteiger partial charge on any atom is 0.327 e. The van der Waals surface area contributed by atoms with Crippen LogP contribution in [0.3, 0.4) is 0 Å². The molecule has 1 aliphatic heterocycles. The average molecular weight is 326 g/mol. The third-order valence-electron chi connectivity index (χ3n) is 3.29. The zero-order valence-corrected chi connectivity index (χ0v) is 13.1. The second-order valence-corrected chi connectivity index (χ2v) is 6.27. The molecule has 1 aliphatic rings. The van der Waals surface area contributed by atoms with Crippen molar-refractivity contribution in [2.24, 2.45) is 0 Å². The molecule has 2 atom stereocenters. The molecule has 1 heterocycles. The van der Waals surface area contributed by atoms with Gasteiger partial charge in [-0.3, -0.25) is 4.79 Å². The summed E-state index contributed by atoms with van der Waals surface area (Å²) >= 11 is 7.53. The lowest BCUT2D eigenvalue weighted by atomic mass is 10.2. The fourth-order valence-corrected chi connectivity index (χ4v) is 3.77. The minimum absolute atomic E-state index is 0.0884. The highest BCUT2D eigenvalue weighted by atomic mass is 35.5. The van der Waals surface area contributed by atoms with Gasteiger partial charge in [0.1, 0.15) is 6.04 Å². The van der Waals surface area contributed by atoms with Crippen molar-refractivity contribution in [1.29, 1.82) is 0 Å². The number of carbonyl (C=O) groups excluding carboxylic acids is 1. The Kier molecular flexibility index (Phi) is 5.31. The van der Waals surface area contributed by atoms with Gasteiger partial charge in [0.05, 0.1) is 5.37 Å². The molecule has 6 heteroatoms. The monoisotopic (exact) mass is 325 g/mol. The molecular formula is C15H16ClNO3S. The first-order chi connectivity index (χ1) is 10.0. The van der Waals surface area contributed by atoms with E-state index >= 15 is 0 Å². The Morgan fingerprint density at radius 3 is 2.81 bits per heavy atom. The Morgan fingerprint density at radius 2 is 2.19 bits per heavy atom. The predicted octanol–water partition coefficient (Wildman–Crippen LogP) is 3.12. The van der Waals surface area contributed by atoms with Crippen LogP contribution in [-0.2, 0) is 9.59 Å². The number of benzene rings is 1. The molecule has 1 N–H and O–H groups in total. The molecular weight excluding hydrogens is 310 g/mol. The van der Waals surface area contributed by atoms with Crippen molar-refractivity contribution in [3.63, 3.8) is 0 Å². The van der Waals surface area contributed by atoms with Crippen LogP contribution in [0.25, 0.3) is 6.08 Å². The zero-order valence-electron chi connectivity index (χ0n) is 11.5. The highest BCUT2D eigenvalue weighted by molar-refractivity contribution is 8.00. The van der Waals surface area contributed by atoms with Crippen LogP contribution in [0.5, 0.6) is 0 Å². The van der Waals surface area contributed by atoms with Crippen LogP contribution >= 0.6 is 23.4 Å². The van der Waals surface area contributed by atoms with Crippen molar-refractivity contribution in [1.82, 2.24) is 4.90 Å². The van der Waals surface area contributed by atoms with Gasteiger partial charge in [-0.25, -0.2) is 4.79 Å². The maximum absolute atomic E-state index is 12.3. The van der Waals surface area contributed by atoms with Crippen LogP contribution in [0, 0.1) is 0 Å². The molecule has 2 unspecified atom stereocenters. The number of amides is 1. The van der Waals surface area contributed by atoms with Gasteiger partial charge in [0.2, 0.25) is 5.91 Å². The number of hydrogen-bond acceptors (Lipinski definition) is 3. The van der Waals surface area contributed by atoms with E-state index in [1.807, 2.05) is 19.1 Å². The van der Waals surface area contributed by atoms with Crippen molar-refractivity contribution in [3.8, 4) is 0 Å². The lowest BCUT2D eigenvalue weighted by molar-refractivity contribution is -0.147.